The molecular weight excluding hydrogens is 369 g/mol. The second-order valence-electron chi connectivity index (χ2n) is 6.83. The van der Waals surface area contributed by atoms with Gasteiger partial charge >= 0.3 is 0 Å². The van der Waals surface area contributed by atoms with Gasteiger partial charge in [0, 0.05) is 52.0 Å². The molecule has 1 aromatic carbocycles. The fraction of sp³-hybridized carbons (Fsp3) is 0.500. The Balaban J connectivity index is 1.49. The number of piperazine rings is 1. The van der Waals surface area contributed by atoms with Gasteiger partial charge in [-0.2, -0.15) is 5.10 Å². The molecule has 0 amide bonds. The topological polar surface area (TPSA) is 70.5 Å². The van der Waals surface area contributed by atoms with Crippen molar-refractivity contribution in [2.24, 2.45) is 7.05 Å². The maximum Gasteiger partial charge on any atom is 0.244 e. The number of sulfonamides is 1. The quantitative estimate of drug-likeness (QED) is 0.798. The molecule has 9 heteroatoms. The van der Waals surface area contributed by atoms with Crippen LogP contribution in [0, 0.1) is 19.7 Å². The van der Waals surface area contributed by atoms with E-state index in [0.717, 1.165) is 31.9 Å². The van der Waals surface area contributed by atoms with Crippen molar-refractivity contribution in [1.82, 2.24) is 19.4 Å². The minimum Gasteiger partial charge on any atom is -0.369 e. The second kappa shape index (κ2) is 7.95. The van der Waals surface area contributed by atoms with E-state index < -0.39 is 10.0 Å². The summed E-state index contributed by atoms with van der Waals surface area (Å²) in [5.41, 5.74) is 2.16. The highest BCUT2D eigenvalue weighted by Gasteiger charge is 2.24. The Labute approximate surface area is 159 Å². The Bertz CT molecular complexity index is 887. The molecule has 3 rings (SSSR count). The smallest absolute Gasteiger partial charge is 0.244 e. The largest absolute Gasteiger partial charge is 0.369 e. The van der Waals surface area contributed by atoms with Crippen LogP contribution >= 0.6 is 0 Å². The molecule has 148 valence electrons. The lowest BCUT2D eigenvalue weighted by atomic mass is 10.2. The summed E-state index contributed by atoms with van der Waals surface area (Å²) < 4.78 is 42.5. The monoisotopic (exact) mass is 395 g/mol. The van der Waals surface area contributed by atoms with Gasteiger partial charge in [0.15, 0.2) is 0 Å². The number of rotatable bonds is 6. The molecule has 27 heavy (non-hydrogen) atoms. The molecule has 1 N–H and O–H groups in total. The van der Waals surface area contributed by atoms with Crippen LogP contribution in [0.15, 0.2) is 29.2 Å². The summed E-state index contributed by atoms with van der Waals surface area (Å²) in [7, 11) is -1.83. The lowest BCUT2D eigenvalue weighted by Crippen LogP contribution is -2.48. The van der Waals surface area contributed by atoms with E-state index in [2.05, 4.69) is 19.6 Å². The van der Waals surface area contributed by atoms with Gasteiger partial charge in [-0.15, -0.1) is 0 Å². The van der Waals surface area contributed by atoms with E-state index in [1.54, 1.807) is 37.7 Å². The van der Waals surface area contributed by atoms with Crippen LogP contribution in [0.3, 0.4) is 0 Å². The fourth-order valence-electron chi connectivity index (χ4n) is 3.43. The zero-order valence-electron chi connectivity index (χ0n) is 15.9. The van der Waals surface area contributed by atoms with Gasteiger partial charge < -0.3 is 4.90 Å². The third kappa shape index (κ3) is 4.48. The summed E-state index contributed by atoms with van der Waals surface area (Å²) in [5.74, 6) is -0.233. The number of nitrogens with zero attached hydrogens (tertiary/aromatic N) is 4. The highest BCUT2D eigenvalue weighted by atomic mass is 32.2. The number of hydrogen-bond acceptors (Lipinski definition) is 5. The van der Waals surface area contributed by atoms with E-state index in [4.69, 9.17) is 0 Å². The number of halogens is 1. The number of aryl methyl sites for hydroxylation is 2. The molecule has 0 spiro atoms. The van der Waals surface area contributed by atoms with Crippen LogP contribution in [0.5, 0.6) is 0 Å². The first-order valence-electron chi connectivity index (χ1n) is 9.00. The van der Waals surface area contributed by atoms with Crippen LogP contribution in [0.4, 0.5) is 10.1 Å². The van der Waals surface area contributed by atoms with E-state index in [9.17, 15) is 12.8 Å². The fourth-order valence-corrected chi connectivity index (χ4v) is 4.89. The van der Waals surface area contributed by atoms with Crippen LogP contribution < -0.4 is 9.62 Å². The van der Waals surface area contributed by atoms with Gasteiger partial charge in [-0.1, -0.05) is 0 Å². The summed E-state index contributed by atoms with van der Waals surface area (Å²) in [6.07, 6.45) is 0. The molecule has 0 unspecified atom stereocenters. The van der Waals surface area contributed by atoms with E-state index in [-0.39, 0.29) is 10.7 Å². The Kier molecular flexibility index (Phi) is 5.83. The molecule has 2 heterocycles. The van der Waals surface area contributed by atoms with Gasteiger partial charge in [0.1, 0.15) is 10.7 Å². The van der Waals surface area contributed by atoms with Gasteiger partial charge in [0.05, 0.1) is 11.4 Å². The van der Waals surface area contributed by atoms with Crippen molar-refractivity contribution in [1.29, 1.82) is 0 Å². The summed E-state index contributed by atoms with van der Waals surface area (Å²) in [5, 5.41) is 4.18. The lowest BCUT2D eigenvalue weighted by molar-refractivity contribution is 0.262. The minimum atomic E-state index is -3.57. The molecule has 1 aliphatic heterocycles. The van der Waals surface area contributed by atoms with Gasteiger partial charge in [0.25, 0.3) is 0 Å². The molecule has 7 nitrogen and oxygen atoms in total. The van der Waals surface area contributed by atoms with Crippen molar-refractivity contribution in [3.63, 3.8) is 0 Å². The number of benzene rings is 1. The van der Waals surface area contributed by atoms with Gasteiger partial charge in [0.2, 0.25) is 10.0 Å². The standard InChI is InChI=1S/C18H26FN5O2S/c1-14-18(15(2)22(3)21-14)27(25,26)20-8-9-23-10-12-24(13-11-23)17-6-4-16(19)5-7-17/h4-7,20H,8-13H2,1-3H3. The minimum absolute atomic E-state index is 0.233. The maximum absolute atomic E-state index is 13.0. The van der Waals surface area contributed by atoms with Crippen molar-refractivity contribution >= 4 is 15.7 Å². The molecule has 1 aliphatic rings. The first-order valence-corrected chi connectivity index (χ1v) is 10.5. The Morgan fingerprint density at radius 3 is 2.30 bits per heavy atom. The number of anilines is 1. The predicted molar refractivity (Wildman–Crippen MR) is 103 cm³/mol. The number of nitrogens with one attached hydrogen (secondary N) is 1. The van der Waals surface area contributed by atoms with E-state index in [1.807, 2.05) is 0 Å². The summed E-state index contributed by atoms with van der Waals surface area (Å²) in [4.78, 5) is 4.71. The zero-order chi connectivity index (χ0) is 19.6. The average Bonchev–Trinajstić information content (AvgIpc) is 2.89. The molecule has 0 atom stereocenters. The normalized spacial score (nSPS) is 16.1. The molecule has 0 bridgehead atoms. The average molecular weight is 396 g/mol. The van der Waals surface area contributed by atoms with E-state index in [0.29, 0.717) is 24.5 Å². The Morgan fingerprint density at radius 1 is 1.11 bits per heavy atom. The maximum atomic E-state index is 13.0. The van der Waals surface area contributed by atoms with E-state index >= 15 is 0 Å². The molecule has 2 aromatic rings. The first kappa shape index (κ1) is 19.8. The van der Waals surface area contributed by atoms with Gasteiger partial charge in [-0.3, -0.25) is 9.58 Å². The third-order valence-corrected chi connectivity index (χ3v) is 6.71. The highest BCUT2D eigenvalue weighted by Crippen LogP contribution is 2.19. The molecule has 0 radical (unpaired) electrons. The molecule has 1 aromatic heterocycles. The predicted octanol–water partition coefficient (Wildman–Crippen LogP) is 1.28. The van der Waals surface area contributed by atoms with Crippen LogP contribution in [0.1, 0.15) is 11.4 Å². The highest BCUT2D eigenvalue weighted by molar-refractivity contribution is 7.89. The zero-order valence-corrected chi connectivity index (χ0v) is 16.8. The van der Waals surface area contributed by atoms with Crippen LogP contribution in [-0.2, 0) is 17.1 Å². The van der Waals surface area contributed by atoms with Crippen LogP contribution in [0.2, 0.25) is 0 Å². The third-order valence-electron chi connectivity index (χ3n) is 5.00. The summed E-state index contributed by atoms with van der Waals surface area (Å²) >= 11 is 0. The lowest BCUT2D eigenvalue weighted by Gasteiger charge is -2.36. The van der Waals surface area contributed by atoms with Crippen LogP contribution in [0.25, 0.3) is 0 Å². The molecular formula is C18H26FN5O2S. The van der Waals surface area contributed by atoms with Crippen molar-refractivity contribution in [2.75, 3.05) is 44.2 Å². The summed E-state index contributed by atoms with van der Waals surface area (Å²) in [6.45, 7) is 7.80. The SMILES string of the molecule is Cc1nn(C)c(C)c1S(=O)(=O)NCCN1CCN(c2ccc(F)cc2)CC1. The molecule has 0 aliphatic carbocycles. The number of hydrogen-bond donors (Lipinski definition) is 1. The second-order valence-corrected chi connectivity index (χ2v) is 8.53. The van der Waals surface area contributed by atoms with Crippen molar-refractivity contribution < 1.29 is 12.8 Å². The van der Waals surface area contributed by atoms with Crippen molar-refractivity contribution in [3.05, 3.63) is 41.5 Å². The van der Waals surface area contributed by atoms with Crippen molar-refractivity contribution in [2.45, 2.75) is 18.7 Å². The Hall–Kier alpha value is -1.97. The Morgan fingerprint density at radius 2 is 1.74 bits per heavy atom. The van der Waals surface area contributed by atoms with E-state index in [1.165, 1.54) is 12.1 Å². The number of aromatic nitrogens is 2. The first-order chi connectivity index (χ1) is 12.8. The van der Waals surface area contributed by atoms with Crippen molar-refractivity contribution in [3.8, 4) is 0 Å². The van der Waals surface area contributed by atoms with Gasteiger partial charge in [-0.25, -0.2) is 17.5 Å². The van der Waals surface area contributed by atoms with Gasteiger partial charge in [-0.05, 0) is 38.1 Å². The summed E-state index contributed by atoms with van der Waals surface area (Å²) in [6, 6.07) is 6.52. The molecule has 1 fully saturated rings. The van der Waals surface area contributed by atoms with Crippen LogP contribution in [-0.4, -0.2) is 62.4 Å². The molecule has 0 saturated carbocycles. The molecule has 1 saturated heterocycles.